The van der Waals surface area contributed by atoms with E-state index in [0.29, 0.717) is 39.1 Å². The van der Waals surface area contributed by atoms with Crippen molar-refractivity contribution in [2.45, 2.75) is 20.3 Å². The summed E-state index contributed by atoms with van der Waals surface area (Å²) in [5.74, 6) is 1.02. The normalized spacial score (nSPS) is 10.7. The highest BCUT2D eigenvalue weighted by atomic mass is 35.5. The van der Waals surface area contributed by atoms with Crippen LogP contribution in [0.15, 0.2) is 33.5 Å². The number of carbonyl (C=O) groups is 1. The van der Waals surface area contributed by atoms with E-state index in [1.165, 1.54) is 20.3 Å². The van der Waals surface area contributed by atoms with Crippen LogP contribution >= 0.6 is 11.6 Å². The number of aryl methyl sites for hydroxylation is 2. The SMILES string of the molecule is COc1cc(OC)c(NC(=O)Cc2c(C)c3ccc(OC)c(C)c3oc2=O)cc1Cl. The highest BCUT2D eigenvalue weighted by Gasteiger charge is 2.19. The van der Waals surface area contributed by atoms with Crippen molar-refractivity contribution < 1.29 is 23.4 Å². The van der Waals surface area contributed by atoms with Crippen LogP contribution in [0.2, 0.25) is 5.02 Å². The van der Waals surface area contributed by atoms with Gasteiger partial charge in [-0.25, -0.2) is 4.79 Å². The molecule has 0 fully saturated rings. The van der Waals surface area contributed by atoms with Crippen LogP contribution in [0, 0.1) is 13.8 Å². The lowest BCUT2D eigenvalue weighted by Gasteiger charge is -2.14. The fourth-order valence-corrected chi connectivity index (χ4v) is 3.55. The third-order valence-electron chi connectivity index (χ3n) is 4.96. The summed E-state index contributed by atoms with van der Waals surface area (Å²) in [6.07, 6.45) is -0.165. The van der Waals surface area contributed by atoms with Crippen molar-refractivity contribution in [2.24, 2.45) is 0 Å². The first kappa shape index (κ1) is 21.5. The summed E-state index contributed by atoms with van der Waals surface area (Å²) in [6.45, 7) is 3.61. The molecule has 158 valence electrons. The molecule has 0 bridgehead atoms. The number of fused-ring (bicyclic) bond motifs is 1. The molecule has 3 aromatic rings. The van der Waals surface area contributed by atoms with E-state index in [1.807, 2.05) is 13.0 Å². The number of rotatable bonds is 6. The molecule has 0 aliphatic heterocycles. The molecule has 0 atom stereocenters. The van der Waals surface area contributed by atoms with Gasteiger partial charge in [0.1, 0.15) is 22.8 Å². The maximum atomic E-state index is 12.7. The van der Waals surface area contributed by atoms with Crippen LogP contribution in [-0.4, -0.2) is 27.2 Å². The molecule has 0 aliphatic rings. The monoisotopic (exact) mass is 431 g/mol. The van der Waals surface area contributed by atoms with E-state index < -0.39 is 11.5 Å². The van der Waals surface area contributed by atoms with Crippen molar-refractivity contribution >= 4 is 34.2 Å². The molecule has 3 rings (SSSR count). The molecule has 1 amide bonds. The summed E-state index contributed by atoms with van der Waals surface area (Å²) in [5.41, 5.74) is 1.95. The van der Waals surface area contributed by atoms with E-state index in [2.05, 4.69) is 5.32 Å². The van der Waals surface area contributed by atoms with Gasteiger partial charge < -0.3 is 23.9 Å². The molecule has 1 N–H and O–H groups in total. The summed E-state index contributed by atoms with van der Waals surface area (Å²) in [5, 5.41) is 3.80. The number of amides is 1. The summed E-state index contributed by atoms with van der Waals surface area (Å²) in [6, 6.07) is 6.72. The van der Waals surface area contributed by atoms with Crippen LogP contribution in [0.4, 0.5) is 5.69 Å². The molecule has 0 unspecified atom stereocenters. The molecular formula is C22H22ClNO6. The second-order valence-corrected chi connectivity index (χ2v) is 7.08. The van der Waals surface area contributed by atoms with Gasteiger partial charge in [-0.1, -0.05) is 11.6 Å². The van der Waals surface area contributed by atoms with Gasteiger partial charge in [0, 0.05) is 17.0 Å². The average Bonchev–Trinajstić information content (AvgIpc) is 2.72. The predicted octanol–water partition coefficient (Wildman–Crippen LogP) is 4.27. The topological polar surface area (TPSA) is 87.0 Å². The molecular weight excluding hydrogens is 410 g/mol. The smallest absolute Gasteiger partial charge is 0.340 e. The van der Waals surface area contributed by atoms with Gasteiger partial charge in [-0.2, -0.15) is 0 Å². The van der Waals surface area contributed by atoms with E-state index in [1.54, 1.807) is 26.2 Å². The molecule has 0 radical (unpaired) electrons. The minimum atomic E-state index is -0.564. The van der Waals surface area contributed by atoms with E-state index in [0.717, 1.165) is 10.9 Å². The Kier molecular flexibility index (Phi) is 6.22. The summed E-state index contributed by atoms with van der Waals surface area (Å²) in [7, 11) is 4.51. The number of hydrogen-bond acceptors (Lipinski definition) is 6. The minimum absolute atomic E-state index is 0.165. The van der Waals surface area contributed by atoms with Crippen LogP contribution in [0.1, 0.15) is 16.7 Å². The quantitative estimate of drug-likeness (QED) is 0.586. The summed E-state index contributed by atoms with van der Waals surface area (Å²) in [4.78, 5) is 25.3. The zero-order chi connectivity index (χ0) is 22.0. The Morgan fingerprint density at radius 3 is 2.30 bits per heavy atom. The van der Waals surface area contributed by atoms with Crippen molar-refractivity contribution in [3.05, 3.63) is 56.4 Å². The van der Waals surface area contributed by atoms with Gasteiger partial charge in [0.15, 0.2) is 0 Å². The molecule has 1 heterocycles. The molecule has 0 aliphatic carbocycles. The first-order valence-corrected chi connectivity index (χ1v) is 9.49. The van der Waals surface area contributed by atoms with Gasteiger partial charge in [0.25, 0.3) is 0 Å². The molecule has 7 nitrogen and oxygen atoms in total. The first-order chi connectivity index (χ1) is 14.3. The standard InChI is InChI=1S/C22H22ClNO6/c1-11-13-6-7-17(27-3)12(2)21(13)30-22(26)14(11)8-20(25)24-16-9-15(23)18(28-4)10-19(16)29-5/h6-7,9-10H,8H2,1-5H3,(H,24,25). The van der Waals surface area contributed by atoms with Gasteiger partial charge in [0.05, 0.1) is 44.0 Å². The predicted molar refractivity (Wildman–Crippen MR) is 115 cm³/mol. The molecule has 1 aromatic heterocycles. The van der Waals surface area contributed by atoms with Gasteiger partial charge >= 0.3 is 5.63 Å². The molecule has 0 saturated carbocycles. The number of halogens is 1. The molecule has 0 spiro atoms. The van der Waals surface area contributed by atoms with E-state index in [-0.39, 0.29) is 12.0 Å². The third kappa shape index (κ3) is 3.93. The van der Waals surface area contributed by atoms with Crippen LogP contribution < -0.4 is 25.2 Å². The zero-order valence-electron chi connectivity index (χ0n) is 17.3. The largest absolute Gasteiger partial charge is 0.496 e. The van der Waals surface area contributed by atoms with Crippen molar-refractivity contribution in [1.29, 1.82) is 0 Å². The number of nitrogens with one attached hydrogen (secondary N) is 1. The fourth-order valence-electron chi connectivity index (χ4n) is 3.31. The molecule has 8 heteroatoms. The number of hydrogen-bond donors (Lipinski definition) is 1. The van der Waals surface area contributed by atoms with E-state index >= 15 is 0 Å². The molecule has 2 aromatic carbocycles. The Labute approximate surface area is 178 Å². The number of ether oxygens (including phenoxy) is 3. The van der Waals surface area contributed by atoms with Crippen LogP contribution in [0.25, 0.3) is 11.0 Å². The zero-order valence-corrected chi connectivity index (χ0v) is 18.1. The van der Waals surface area contributed by atoms with Gasteiger partial charge in [-0.3, -0.25) is 4.79 Å². The van der Waals surface area contributed by atoms with Crippen molar-refractivity contribution in [1.82, 2.24) is 0 Å². The number of methoxy groups -OCH3 is 3. The average molecular weight is 432 g/mol. The van der Waals surface area contributed by atoms with Gasteiger partial charge in [-0.05, 0) is 37.6 Å². The third-order valence-corrected chi connectivity index (χ3v) is 5.25. The highest BCUT2D eigenvalue weighted by Crippen LogP contribution is 2.36. The fraction of sp³-hybridized carbons (Fsp3) is 0.273. The maximum absolute atomic E-state index is 12.7. The second kappa shape index (κ2) is 8.67. The van der Waals surface area contributed by atoms with E-state index in [9.17, 15) is 9.59 Å². The molecule has 30 heavy (non-hydrogen) atoms. The van der Waals surface area contributed by atoms with Crippen LogP contribution in [-0.2, 0) is 11.2 Å². The van der Waals surface area contributed by atoms with Gasteiger partial charge in [0.2, 0.25) is 5.91 Å². The Balaban J connectivity index is 1.94. The lowest BCUT2D eigenvalue weighted by atomic mass is 10.0. The first-order valence-electron chi connectivity index (χ1n) is 9.12. The Morgan fingerprint density at radius 2 is 1.67 bits per heavy atom. The summed E-state index contributed by atoms with van der Waals surface area (Å²) >= 11 is 6.15. The number of carbonyl (C=O) groups excluding carboxylic acids is 1. The van der Waals surface area contributed by atoms with Crippen molar-refractivity contribution in [3.8, 4) is 17.2 Å². The van der Waals surface area contributed by atoms with Crippen LogP contribution in [0.5, 0.6) is 17.2 Å². The highest BCUT2D eigenvalue weighted by molar-refractivity contribution is 6.32. The lowest BCUT2D eigenvalue weighted by molar-refractivity contribution is -0.115. The summed E-state index contributed by atoms with van der Waals surface area (Å²) < 4.78 is 21.2. The lowest BCUT2D eigenvalue weighted by Crippen LogP contribution is -2.21. The Morgan fingerprint density at radius 1 is 1.00 bits per heavy atom. The Bertz CT molecular complexity index is 1180. The van der Waals surface area contributed by atoms with Gasteiger partial charge in [-0.15, -0.1) is 0 Å². The molecule has 0 saturated heterocycles. The number of anilines is 1. The van der Waals surface area contributed by atoms with E-state index in [4.69, 9.17) is 30.2 Å². The maximum Gasteiger partial charge on any atom is 0.340 e. The Hall–Kier alpha value is -3.19. The minimum Gasteiger partial charge on any atom is -0.496 e. The van der Waals surface area contributed by atoms with Crippen LogP contribution in [0.3, 0.4) is 0 Å². The van der Waals surface area contributed by atoms with Crippen molar-refractivity contribution in [2.75, 3.05) is 26.6 Å². The second-order valence-electron chi connectivity index (χ2n) is 6.67. The van der Waals surface area contributed by atoms with Crippen molar-refractivity contribution in [3.63, 3.8) is 0 Å². The number of benzene rings is 2.